The molecule has 4 atom stereocenters. The maximum Gasteiger partial charge on any atom is 0.335 e. The van der Waals surface area contributed by atoms with Crippen molar-refractivity contribution in [1.82, 2.24) is 9.55 Å². The smallest absolute Gasteiger partial charge is 0.335 e. The molecule has 0 spiro atoms. The standard InChI is InChI=1S/C22H37ClN2O7Si2/c1-13(2)33(14(3)4)29-11-17-19(31-34(32-33,15(5)6)16(7)8)22(23,12-26)20(30-17)25-10-9-18(27)24-21(25)28/h9-10,12-17,19-20H,11H2,1-8H3,(H,24,27,28)/t17-,19+,20-,22?/m1/s1. The van der Waals surface area contributed by atoms with E-state index in [4.69, 9.17) is 29.3 Å². The van der Waals surface area contributed by atoms with Gasteiger partial charge in [0.15, 0.2) is 11.1 Å². The van der Waals surface area contributed by atoms with Crippen LogP contribution in [0.15, 0.2) is 21.9 Å². The van der Waals surface area contributed by atoms with E-state index >= 15 is 0 Å². The van der Waals surface area contributed by atoms with Gasteiger partial charge in [-0.2, -0.15) is 0 Å². The van der Waals surface area contributed by atoms with Gasteiger partial charge in [-0.25, -0.2) is 4.79 Å². The van der Waals surface area contributed by atoms with Crippen molar-refractivity contribution < 1.29 is 22.5 Å². The molecule has 3 heterocycles. The molecule has 2 aliphatic heterocycles. The first kappa shape index (κ1) is 27.5. The Bertz CT molecular complexity index is 995. The molecule has 192 valence electrons. The molecule has 0 radical (unpaired) electrons. The number of halogens is 1. The van der Waals surface area contributed by atoms with E-state index in [2.05, 4.69) is 60.4 Å². The molecule has 0 aromatic carbocycles. The highest BCUT2D eigenvalue weighted by Gasteiger charge is 2.66. The number of carbonyl (C=O) groups excluding carboxylic acids is 1. The number of aldehydes is 1. The number of alkyl halides is 1. The largest absolute Gasteiger partial charge is 0.414 e. The van der Waals surface area contributed by atoms with Crippen LogP contribution in [0.5, 0.6) is 0 Å². The SMILES string of the molecule is CC(C)[Si]1(C(C)C)OC[C@H]2O[C@@H](n3ccc(=O)[nH]c3=O)C(Cl)(C=O)[C@H]2O[Si](C(C)C)(C(C)C)O1. The van der Waals surface area contributed by atoms with Gasteiger partial charge >= 0.3 is 22.8 Å². The Morgan fingerprint density at radius 2 is 1.62 bits per heavy atom. The van der Waals surface area contributed by atoms with Gasteiger partial charge < -0.3 is 22.5 Å². The minimum atomic E-state index is -3.06. The zero-order valence-corrected chi connectivity index (χ0v) is 23.9. The quantitative estimate of drug-likeness (QED) is 0.339. The lowest BCUT2D eigenvalue weighted by Crippen LogP contribution is -2.66. The van der Waals surface area contributed by atoms with Crippen molar-refractivity contribution >= 4 is 35.0 Å². The van der Waals surface area contributed by atoms with Crippen LogP contribution >= 0.6 is 11.6 Å². The van der Waals surface area contributed by atoms with Gasteiger partial charge in [-0.3, -0.25) is 14.3 Å². The number of nitrogens with one attached hydrogen (secondary N) is 1. The van der Waals surface area contributed by atoms with E-state index in [0.717, 1.165) is 4.57 Å². The van der Waals surface area contributed by atoms with Crippen LogP contribution in [0.2, 0.25) is 22.2 Å². The number of nitrogens with zero attached hydrogens (tertiary/aromatic N) is 1. The third kappa shape index (κ3) is 4.33. The van der Waals surface area contributed by atoms with E-state index in [-0.39, 0.29) is 28.8 Å². The summed E-state index contributed by atoms with van der Waals surface area (Å²) in [5.41, 5.74) is -0.936. The monoisotopic (exact) mass is 532 g/mol. The van der Waals surface area contributed by atoms with Crippen LogP contribution in [0.3, 0.4) is 0 Å². The fraction of sp³-hybridized carbons (Fsp3) is 0.773. The number of hydrogen-bond donors (Lipinski definition) is 1. The van der Waals surface area contributed by atoms with Gasteiger partial charge in [-0.15, -0.1) is 11.6 Å². The molecule has 1 aromatic rings. The van der Waals surface area contributed by atoms with Crippen LogP contribution in [-0.4, -0.2) is 56.6 Å². The third-order valence-corrected chi connectivity index (χ3v) is 17.8. The predicted octanol–water partition coefficient (Wildman–Crippen LogP) is 3.57. The van der Waals surface area contributed by atoms with Crippen LogP contribution in [0.4, 0.5) is 0 Å². The fourth-order valence-corrected chi connectivity index (χ4v) is 16.9. The normalized spacial score (nSPS) is 31.0. The van der Waals surface area contributed by atoms with Crippen molar-refractivity contribution in [2.24, 2.45) is 0 Å². The van der Waals surface area contributed by atoms with Gasteiger partial charge in [0.25, 0.3) is 5.56 Å². The van der Waals surface area contributed by atoms with E-state index in [1.807, 2.05) is 0 Å². The maximum atomic E-state index is 12.6. The zero-order chi connectivity index (χ0) is 25.6. The minimum absolute atomic E-state index is 0.0293. The maximum absolute atomic E-state index is 12.6. The van der Waals surface area contributed by atoms with Gasteiger partial charge in [0.2, 0.25) is 0 Å². The lowest BCUT2D eigenvalue weighted by Gasteiger charge is -2.51. The molecule has 1 unspecified atom stereocenters. The number of hydrogen-bond acceptors (Lipinski definition) is 7. The van der Waals surface area contributed by atoms with Gasteiger partial charge in [0.1, 0.15) is 18.5 Å². The van der Waals surface area contributed by atoms with Crippen LogP contribution < -0.4 is 11.2 Å². The van der Waals surface area contributed by atoms with Gasteiger partial charge in [-0.1, -0.05) is 55.4 Å². The average molecular weight is 533 g/mol. The van der Waals surface area contributed by atoms with Crippen molar-refractivity contribution in [1.29, 1.82) is 0 Å². The average Bonchev–Trinajstić information content (AvgIpc) is 2.98. The molecule has 3 rings (SSSR count). The van der Waals surface area contributed by atoms with Crippen molar-refractivity contribution in [3.63, 3.8) is 0 Å². The highest BCUT2D eigenvalue weighted by molar-refractivity contribution is 6.84. The molecule has 9 nitrogen and oxygen atoms in total. The summed E-state index contributed by atoms with van der Waals surface area (Å²) in [5.74, 6) is 0. The predicted molar refractivity (Wildman–Crippen MR) is 134 cm³/mol. The first-order chi connectivity index (χ1) is 15.7. The Balaban J connectivity index is 2.19. The minimum Gasteiger partial charge on any atom is -0.414 e. The summed E-state index contributed by atoms with van der Waals surface area (Å²) >= 11 is 6.95. The summed E-state index contributed by atoms with van der Waals surface area (Å²) in [7, 11) is -5.86. The first-order valence-electron chi connectivity index (χ1n) is 11.9. The molecule has 1 aromatic heterocycles. The highest BCUT2D eigenvalue weighted by atomic mass is 35.5. The van der Waals surface area contributed by atoms with Crippen molar-refractivity contribution in [3.05, 3.63) is 33.1 Å². The number of fused-ring (bicyclic) bond motifs is 1. The van der Waals surface area contributed by atoms with Crippen LogP contribution in [0, 0.1) is 0 Å². The zero-order valence-electron chi connectivity index (χ0n) is 21.2. The number of carbonyl (C=O) groups is 1. The number of H-pyrrole nitrogens is 1. The lowest BCUT2D eigenvalue weighted by molar-refractivity contribution is -0.114. The van der Waals surface area contributed by atoms with E-state index in [0.29, 0.717) is 6.29 Å². The van der Waals surface area contributed by atoms with E-state index in [1.54, 1.807) is 0 Å². The molecule has 2 aliphatic rings. The molecule has 0 amide bonds. The summed E-state index contributed by atoms with van der Waals surface area (Å²) < 4.78 is 28.0. The molecular formula is C22H37ClN2O7Si2. The van der Waals surface area contributed by atoms with Gasteiger partial charge in [0.05, 0.1) is 6.61 Å². The summed E-state index contributed by atoms with van der Waals surface area (Å²) in [6, 6.07) is 1.19. The Morgan fingerprint density at radius 3 is 2.09 bits per heavy atom. The Labute approximate surface area is 207 Å². The molecule has 0 bridgehead atoms. The van der Waals surface area contributed by atoms with Gasteiger partial charge in [-0.05, 0) is 22.2 Å². The number of aromatic amines is 1. The van der Waals surface area contributed by atoms with Gasteiger partial charge in [0, 0.05) is 12.3 Å². The Hall–Kier alpha value is -1.09. The molecule has 34 heavy (non-hydrogen) atoms. The molecule has 2 fully saturated rings. The lowest BCUT2D eigenvalue weighted by atomic mass is 10.0. The second-order valence-corrected chi connectivity index (χ2v) is 20.0. The molecule has 2 saturated heterocycles. The van der Waals surface area contributed by atoms with E-state index in [1.165, 1.54) is 12.3 Å². The van der Waals surface area contributed by atoms with Crippen LogP contribution in [0.25, 0.3) is 0 Å². The van der Waals surface area contributed by atoms with E-state index < -0.39 is 51.7 Å². The molecule has 0 aliphatic carbocycles. The third-order valence-electron chi connectivity index (χ3n) is 7.06. The number of ether oxygens (including phenoxy) is 1. The molecule has 12 heteroatoms. The van der Waals surface area contributed by atoms with Crippen molar-refractivity contribution in [3.8, 4) is 0 Å². The van der Waals surface area contributed by atoms with E-state index in [9.17, 15) is 14.4 Å². The molecular weight excluding hydrogens is 496 g/mol. The summed E-state index contributed by atoms with van der Waals surface area (Å²) in [6.45, 7) is 16.8. The topological polar surface area (TPSA) is 109 Å². The number of aromatic nitrogens is 2. The summed E-state index contributed by atoms with van der Waals surface area (Å²) in [6.07, 6.45) is -0.951. The highest BCUT2D eigenvalue weighted by Crippen LogP contribution is 2.51. The van der Waals surface area contributed by atoms with Crippen molar-refractivity contribution in [2.45, 2.75) is 101 Å². The second kappa shape index (κ2) is 9.76. The van der Waals surface area contributed by atoms with Crippen molar-refractivity contribution in [2.75, 3.05) is 6.61 Å². The first-order valence-corrected chi connectivity index (χ1v) is 16.2. The summed E-state index contributed by atoms with van der Waals surface area (Å²) in [5, 5.41) is 0. The molecule has 1 N–H and O–H groups in total. The molecule has 0 saturated carbocycles. The second-order valence-electron chi connectivity index (χ2n) is 10.5. The fourth-order valence-electron chi connectivity index (χ4n) is 5.20. The number of rotatable bonds is 6. The summed E-state index contributed by atoms with van der Waals surface area (Å²) in [4.78, 5) is 37.1. The Morgan fingerprint density at radius 1 is 1.06 bits per heavy atom. The van der Waals surface area contributed by atoms with Crippen LogP contribution in [-0.2, 0) is 22.5 Å². The van der Waals surface area contributed by atoms with Crippen LogP contribution in [0.1, 0.15) is 61.6 Å². The Kier molecular flexibility index (Phi) is 7.89.